The van der Waals surface area contributed by atoms with Crippen molar-refractivity contribution in [2.75, 3.05) is 12.4 Å². The largest absolute Gasteiger partial charge is 0.333 e. The lowest BCUT2D eigenvalue weighted by Crippen LogP contribution is -2.33. The van der Waals surface area contributed by atoms with E-state index in [4.69, 9.17) is 15.9 Å². The zero-order chi connectivity index (χ0) is 24.3. The van der Waals surface area contributed by atoms with Crippen LogP contribution in [0.5, 0.6) is 0 Å². The monoisotopic (exact) mass is 538 g/mol. The number of sulfonamides is 1. The summed E-state index contributed by atoms with van der Waals surface area (Å²) < 4.78 is 32.8. The fourth-order valence-corrected chi connectivity index (χ4v) is 5.71. The normalized spacial score (nSPS) is 11.5. The Bertz CT molecular complexity index is 1520. The maximum Gasteiger partial charge on any atom is 0.333 e. The summed E-state index contributed by atoms with van der Waals surface area (Å²) >= 11 is 7.55. The Morgan fingerprint density at radius 2 is 1.91 bits per heavy atom. The molecule has 0 aliphatic carbocycles. The molecule has 10 nitrogen and oxygen atoms in total. The number of carbonyl (C=O) groups is 1. The van der Waals surface area contributed by atoms with Gasteiger partial charge in [-0.15, -0.1) is 11.3 Å². The molecular formula is C20H15ClN4O6S3. The minimum Gasteiger partial charge on any atom is -0.307 e. The van der Waals surface area contributed by atoms with E-state index in [9.17, 15) is 18.0 Å². The number of amides is 2. The molecule has 2 aromatic carbocycles. The molecule has 176 valence electrons. The van der Waals surface area contributed by atoms with E-state index < -0.39 is 16.1 Å². The second-order valence-electron chi connectivity index (χ2n) is 6.58. The highest BCUT2D eigenvalue weighted by Crippen LogP contribution is 2.25. The van der Waals surface area contributed by atoms with Gasteiger partial charge in [-0.05, 0) is 54.6 Å². The van der Waals surface area contributed by atoms with E-state index in [1.54, 1.807) is 30.3 Å². The number of nitrogens with one attached hydrogen (secondary N) is 2. The predicted molar refractivity (Wildman–Crippen MR) is 130 cm³/mol. The van der Waals surface area contributed by atoms with Gasteiger partial charge >= 0.3 is 6.03 Å². The molecule has 0 atom stereocenters. The third kappa shape index (κ3) is 5.41. The summed E-state index contributed by atoms with van der Waals surface area (Å²) in [5, 5.41) is 2.82. The standard InChI is InChI=1S/C20H15ClN4O6S3/c1-30-31-33-14-6-7-16-15(10-14)19(26)25(11-22-16)13-4-2-12(3-5-13)23-20(27)24-34(28,29)18-9-8-17(21)32-18/h2-11H,1H3,(H2,23,24,27). The number of fused-ring (bicyclic) bond motifs is 1. The lowest BCUT2D eigenvalue weighted by atomic mass is 10.2. The van der Waals surface area contributed by atoms with Crippen molar-refractivity contribution in [3.05, 3.63) is 75.6 Å². The lowest BCUT2D eigenvalue weighted by Gasteiger charge is -2.10. The smallest absolute Gasteiger partial charge is 0.307 e. The van der Waals surface area contributed by atoms with Gasteiger partial charge in [0.15, 0.2) is 0 Å². The topological polar surface area (TPSA) is 129 Å². The van der Waals surface area contributed by atoms with Crippen LogP contribution in [0.2, 0.25) is 4.34 Å². The maximum atomic E-state index is 13.0. The summed E-state index contributed by atoms with van der Waals surface area (Å²) in [5.41, 5.74) is 1.03. The Balaban J connectivity index is 1.51. The quantitative estimate of drug-likeness (QED) is 0.203. The van der Waals surface area contributed by atoms with E-state index in [0.29, 0.717) is 27.2 Å². The second kappa shape index (κ2) is 10.1. The number of hydrogen-bond donors (Lipinski definition) is 2. The third-order valence-electron chi connectivity index (χ3n) is 4.37. The summed E-state index contributed by atoms with van der Waals surface area (Å²) in [5.74, 6) is 0. The van der Waals surface area contributed by atoms with Crippen LogP contribution in [0.25, 0.3) is 16.6 Å². The molecule has 2 heterocycles. The molecule has 2 amide bonds. The molecule has 0 bridgehead atoms. The predicted octanol–water partition coefficient (Wildman–Crippen LogP) is 4.20. The number of benzene rings is 2. The van der Waals surface area contributed by atoms with Gasteiger partial charge in [-0.3, -0.25) is 9.36 Å². The molecule has 0 aliphatic rings. The molecule has 4 aromatic rings. The summed E-state index contributed by atoms with van der Waals surface area (Å²) in [6.07, 6.45) is 1.40. The van der Waals surface area contributed by atoms with Gasteiger partial charge in [0, 0.05) is 10.6 Å². The van der Waals surface area contributed by atoms with Crippen molar-refractivity contribution in [1.82, 2.24) is 14.3 Å². The molecule has 0 saturated carbocycles. The summed E-state index contributed by atoms with van der Waals surface area (Å²) in [6, 6.07) is 13.1. The number of rotatable bonds is 7. The highest BCUT2D eigenvalue weighted by molar-refractivity contribution is 7.94. The molecule has 0 spiro atoms. The number of hydrogen-bond acceptors (Lipinski definition) is 9. The van der Waals surface area contributed by atoms with E-state index in [0.717, 1.165) is 23.4 Å². The molecule has 0 saturated heterocycles. The molecule has 34 heavy (non-hydrogen) atoms. The van der Waals surface area contributed by atoms with Gasteiger partial charge in [0.05, 0.1) is 40.1 Å². The van der Waals surface area contributed by atoms with Gasteiger partial charge in [-0.1, -0.05) is 11.6 Å². The van der Waals surface area contributed by atoms with Crippen LogP contribution in [-0.4, -0.2) is 31.1 Å². The van der Waals surface area contributed by atoms with Crippen LogP contribution in [0.4, 0.5) is 10.5 Å². The Morgan fingerprint density at radius 3 is 2.59 bits per heavy atom. The first-order chi connectivity index (χ1) is 16.3. The number of nitrogens with zero attached hydrogens (tertiary/aromatic N) is 2. The number of urea groups is 1. The van der Waals surface area contributed by atoms with E-state index in [1.165, 1.54) is 42.3 Å². The molecular weight excluding hydrogens is 524 g/mol. The first-order valence-electron chi connectivity index (χ1n) is 9.35. The highest BCUT2D eigenvalue weighted by atomic mass is 35.5. The van der Waals surface area contributed by atoms with E-state index in [-0.39, 0.29) is 14.1 Å². The zero-order valence-electron chi connectivity index (χ0n) is 17.2. The Morgan fingerprint density at radius 1 is 1.15 bits per heavy atom. The van der Waals surface area contributed by atoms with E-state index in [1.807, 2.05) is 4.72 Å². The van der Waals surface area contributed by atoms with Crippen molar-refractivity contribution in [3.8, 4) is 5.69 Å². The molecule has 2 N–H and O–H groups in total. The van der Waals surface area contributed by atoms with Crippen LogP contribution < -0.4 is 15.6 Å². The Kier molecular flexibility index (Phi) is 7.21. The van der Waals surface area contributed by atoms with Gasteiger partial charge in [0.25, 0.3) is 15.6 Å². The number of halogens is 1. The molecule has 0 fully saturated rings. The van der Waals surface area contributed by atoms with Gasteiger partial charge in [-0.2, -0.15) is 4.33 Å². The molecule has 0 aliphatic heterocycles. The van der Waals surface area contributed by atoms with E-state index in [2.05, 4.69) is 15.2 Å². The van der Waals surface area contributed by atoms with Crippen LogP contribution in [0.3, 0.4) is 0 Å². The summed E-state index contributed by atoms with van der Waals surface area (Å²) in [7, 11) is -2.67. The van der Waals surface area contributed by atoms with Gasteiger partial charge in [0.1, 0.15) is 10.5 Å². The minimum absolute atomic E-state index is 0.0819. The van der Waals surface area contributed by atoms with E-state index >= 15 is 0 Å². The Hall–Kier alpha value is -2.94. The zero-order valence-corrected chi connectivity index (χ0v) is 20.4. The average molecular weight is 539 g/mol. The van der Waals surface area contributed by atoms with Crippen LogP contribution >= 0.6 is 35.0 Å². The van der Waals surface area contributed by atoms with Crippen LogP contribution in [0, 0.1) is 0 Å². The number of thiophene rings is 1. The molecule has 0 unspecified atom stereocenters. The minimum atomic E-state index is -4.05. The van der Waals surface area contributed by atoms with Crippen LogP contribution in [0.1, 0.15) is 0 Å². The fraction of sp³-hybridized carbons (Fsp3) is 0.0500. The average Bonchev–Trinajstić information content (AvgIpc) is 3.26. The second-order valence-corrected chi connectivity index (χ2v) is 11.0. The number of anilines is 1. The lowest BCUT2D eigenvalue weighted by molar-refractivity contribution is -0.160. The maximum absolute atomic E-state index is 13.0. The summed E-state index contributed by atoms with van der Waals surface area (Å²) in [4.78, 5) is 34.7. The summed E-state index contributed by atoms with van der Waals surface area (Å²) in [6.45, 7) is 0. The molecule has 0 radical (unpaired) electrons. The van der Waals surface area contributed by atoms with Gasteiger partial charge in [-0.25, -0.2) is 27.8 Å². The van der Waals surface area contributed by atoms with Crippen molar-refractivity contribution in [2.45, 2.75) is 9.10 Å². The van der Waals surface area contributed by atoms with Crippen molar-refractivity contribution in [2.24, 2.45) is 0 Å². The Labute approximate surface area is 206 Å². The third-order valence-corrected chi connectivity index (χ3v) is 8.08. The van der Waals surface area contributed by atoms with Crippen molar-refractivity contribution in [1.29, 1.82) is 0 Å². The molecule has 4 rings (SSSR count). The van der Waals surface area contributed by atoms with Crippen LogP contribution in [0.15, 0.2) is 74.8 Å². The highest BCUT2D eigenvalue weighted by Gasteiger charge is 2.20. The molecule has 2 aromatic heterocycles. The van der Waals surface area contributed by atoms with Crippen molar-refractivity contribution in [3.63, 3.8) is 0 Å². The first kappa shape index (κ1) is 24.2. The van der Waals surface area contributed by atoms with Crippen LogP contribution in [-0.2, 0) is 19.2 Å². The van der Waals surface area contributed by atoms with Crippen molar-refractivity contribution < 1.29 is 22.4 Å². The number of carbonyl (C=O) groups excluding carboxylic acids is 1. The van der Waals surface area contributed by atoms with Gasteiger partial charge < -0.3 is 5.32 Å². The fourth-order valence-electron chi connectivity index (χ4n) is 2.89. The first-order valence-corrected chi connectivity index (χ1v) is 12.8. The van der Waals surface area contributed by atoms with Crippen molar-refractivity contribution >= 4 is 67.6 Å². The molecule has 14 heteroatoms. The SMILES string of the molecule is COOSc1ccc2ncn(-c3ccc(NC(=O)NS(=O)(=O)c4ccc(Cl)s4)cc3)c(=O)c2c1. The van der Waals surface area contributed by atoms with Gasteiger partial charge in [0.2, 0.25) is 0 Å². The number of aromatic nitrogens is 2.